The molecule has 0 bridgehead atoms. The molecular weight excluding hydrogens is 264 g/mol. The summed E-state index contributed by atoms with van der Waals surface area (Å²) in [6.07, 6.45) is 8.43. The fourth-order valence-corrected chi connectivity index (χ4v) is 3.51. The summed E-state index contributed by atoms with van der Waals surface area (Å²) in [5, 5.41) is 3.06. The molecule has 0 unspecified atom stereocenters. The van der Waals surface area contributed by atoms with Gasteiger partial charge in [0.05, 0.1) is 0 Å². The molecule has 1 heterocycles. The molecule has 4 heteroatoms. The van der Waals surface area contributed by atoms with Gasteiger partial charge in [0.2, 0.25) is 11.8 Å². The summed E-state index contributed by atoms with van der Waals surface area (Å²) in [5.74, 6) is 0.770. The Kier molecular flexibility index (Phi) is 6.07. The molecule has 0 spiro atoms. The summed E-state index contributed by atoms with van der Waals surface area (Å²) in [7, 11) is 0. The molecule has 1 saturated carbocycles. The van der Waals surface area contributed by atoms with E-state index in [0.717, 1.165) is 58.0 Å². The Morgan fingerprint density at radius 3 is 2.24 bits per heavy atom. The Morgan fingerprint density at radius 1 is 1.05 bits per heavy atom. The molecule has 2 amide bonds. The van der Waals surface area contributed by atoms with E-state index in [2.05, 4.69) is 19.2 Å². The number of nitrogens with one attached hydrogen (secondary N) is 1. The average molecular weight is 294 g/mol. The molecule has 1 N–H and O–H groups in total. The normalized spacial score (nSPS) is 21.6. The third-order valence-electron chi connectivity index (χ3n) is 4.72. The zero-order chi connectivity index (χ0) is 15.2. The van der Waals surface area contributed by atoms with E-state index in [1.165, 1.54) is 6.42 Å². The molecule has 0 aromatic rings. The zero-order valence-corrected chi connectivity index (χ0v) is 13.6. The molecule has 1 aliphatic carbocycles. The molecule has 4 nitrogen and oxygen atoms in total. The first-order valence-electron chi connectivity index (χ1n) is 8.67. The quantitative estimate of drug-likeness (QED) is 0.847. The van der Waals surface area contributed by atoms with Crippen LogP contribution in [0.5, 0.6) is 0 Å². The van der Waals surface area contributed by atoms with E-state index in [9.17, 15) is 9.59 Å². The maximum absolute atomic E-state index is 12.6. The van der Waals surface area contributed by atoms with Crippen LogP contribution < -0.4 is 5.32 Å². The molecule has 120 valence electrons. The van der Waals surface area contributed by atoms with E-state index in [4.69, 9.17) is 0 Å². The second-order valence-electron chi connectivity index (χ2n) is 7.06. The molecule has 0 radical (unpaired) electrons. The first kappa shape index (κ1) is 16.3. The molecule has 2 rings (SSSR count). The summed E-state index contributed by atoms with van der Waals surface area (Å²) in [6.45, 7) is 5.92. The number of carbonyl (C=O) groups is 2. The van der Waals surface area contributed by atoms with Crippen molar-refractivity contribution in [2.24, 2.45) is 11.8 Å². The number of likely N-dealkylation sites (tertiary alicyclic amines) is 1. The molecular formula is C17H30N2O2. The number of rotatable bonds is 5. The van der Waals surface area contributed by atoms with Crippen molar-refractivity contribution < 1.29 is 9.59 Å². The first-order valence-corrected chi connectivity index (χ1v) is 8.67. The minimum Gasteiger partial charge on any atom is -0.344 e. The van der Waals surface area contributed by atoms with Gasteiger partial charge in [0.15, 0.2) is 0 Å². The largest absolute Gasteiger partial charge is 0.344 e. The average Bonchev–Trinajstić information content (AvgIpc) is 3.00. The highest BCUT2D eigenvalue weighted by molar-refractivity contribution is 5.88. The van der Waals surface area contributed by atoms with Crippen LogP contribution >= 0.6 is 0 Å². The smallest absolute Gasteiger partial charge is 0.245 e. The van der Waals surface area contributed by atoms with Crippen LogP contribution in [-0.2, 0) is 9.59 Å². The van der Waals surface area contributed by atoms with Crippen LogP contribution in [0.1, 0.15) is 65.2 Å². The predicted octanol–water partition coefficient (Wildman–Crippen LogP) is 2.72. The van der Waals surface area contributed by atoms with Crippen LogP contribution in [0.3, 0.4) is 0 Å². The van der Waals surface area contributed by atoms with Crippen LogP contribution in [-0.4, -0.2) is 35.8 Å². The van der Waals surface area contributed by atoms with Gasteiger partial charge in [-0.3, -0.25) is 9.59 Å². The van der Waals surface area contributed by atoms with Crippen molar-refractivity contribution in [3.8, 4) is 0 Å². The van der Waals surface area contributed by atoms with E-state index >= 15 is 0 Å². The van der Waals surface area contributed by atoms with Crippen LogP contribution in [0.25, 0.3) is 0 Å². The van der Waals surface area contributed by atoms with Crippen molar-refractivity contribution in [2.75, 3.05) is 13.1 Å². The van der Waals surface area contributed by atoms with Crippen LogP contribution in [0.2, 0.25) is 0 Å². The van der Waals surface area contributed by atoms with Gasteiger partial charge >= 0.3 is 0 Å². The van der Waals surface area contributed by atoms with Crippen molar-refractivity contribution in [3.05, 3.63) is 0 Å². The van der Waals surface area contributed by atoms with E-state index in [0.29, 0.717) is 5.92 Å². The van der Waals surface area contributed by atoms with Crippen LogP contribution in [0, 0.1) is 11.8 Å². The Bertz CT molecular complexity index is 356. The van der Waals surface area contributed by atoms with Crippen molar-refractivity contribution in [1.29, 1.82) is 0 Å². The van der Waals surface area contributed by atoms with Crippen molar-refractivity contribution in [1.82, 2.24) is 10.2 Å². The van der Waals surface area contributed by atoms with Gasteiger partial charge in [-0.1, -0.05) is 33.1 Å². The van der Waals surface area contributed by atoms with Gasteiger partial charge in [0, 0.05) is 19.0 Å². The number of carbonyl (C=O) groups excluding carboxylic acids is 2. The van der Waals surface area contributed by atoms with Gasteiger partial charge < -0.3 is 10.2 Å². The fourth-order valence-electron chi connectivity index (χ4n) is 3.51. The lowest BCUT2D eigenvalue weighted by Gasteiger charge is -2.28. The lowest BCUT2D eigenvalue weighted by atomic mass is 9.88. The summed E-state index contributed by atoms with van der Waals surface area (Å²) < 4.78 is 0. The maximum atomic E-state index is 12.6. The first-order chi connectivity index (χ1) is 10.1. The summed E-state index contributed by atoms with van der Waals surface area (Å²) in [5.41, 5.74) is 0. The lowest BCUT2D eigenvalue weighted by molar-refractivity contribution is -0.137. The monoisotopic (exact) mass is 294 g/mol. The van der Waals surface area contributed by atoms with Crippen molar-refractivity contribution in [2.45, 2.75) is 71.3 Å². The minimum absolute atomic E-state index is 0.105. The van der Waals surface area contributed by atoms with E-state index in [1.807, 2.05) is 4.90 Å². The van der Waals surface area contributed by atoms with Crippen molar-refractivity contribution >= 4 is 11.8 Å². The van der Waals surface area contributed by atoms with Gasteiger partial charge in [0.25, 0.3) is 0 Å². The van der Waals surface area contributed by atoms with Gasteiger partial charge in [-0.05, 0) is 38.0 Å². The van der Waals surface area contributed by atoms with Gasteiger partial charge in [0.1, 0.15) is 6.04 Å². The third-order valence-corrected chi connectivity index (χ3v) is 4.72. The molecule has 2 aliphatic rings. The SMILES string of the molecule is CC(C)C[C@@H](NC(=O)C1CCCCC1)C(=O)N1CCCC1. The molecule has 21 heavy (non-hydrogen) atoms. The standard InChI is InChI=1S/C17H30N2O2/c1-13(2)12-15(17(21)19-10-6-7-11-19)18-16(20)14-8-4-3-5-9-14/h13-15H,3-12H2,1-2H3,(H,18,20)/t15-/m1/s1. The number of hydrogen-bond acceptors (Lipinski definition) is 2. The number of nitrogens with zero attached hydrogens (tertiary/aromatic N) is 1. The Balaban J connectivity index is 1.94. The summed E-state index contributed by atoms with van der Waals surface area (Å²) >= 11 is 0. The Labute approximate surface area is 128 Å². The Hall–Kier alpha value is -1.06. The van der Waals surface area contributed by atoms with Crippen LogP contribution in [0.4, 0.5) is 0 Å². The number of hydrogen-bond donors (Lipinski definition) is 1. The van der Waals surface area contributed by atoms with Crippen molar-refractivity contribution in [3.63, 3.8) is 0 Å². The van der Waals surface area contributed by atoms with E-state index in [-0.39, 0.29) is 23.8 Å². The second kappa shape index (κ2) is 7.81. The maximum Gasteiger partial charge on any atom is 0.245 e. The molecule has 1 saturated heterocycles. The molecule has 1 atom stereocenters. The van der Waals surface area contributed by atoms with Crippen LogP contribution in [0.15, 0.2) is 0 Å². The molecule has 0 aromatic heterocycles. The highest BCUT2D eigenvalue weighted by atomic mass is 16.2. The lowest BCUT2D eigenvalue weighted by Crippen LogP contribution is -2.50. The fraction of sp³-hybridized carbons (Fsp3) is 0.882. The third kappa shape index (κ3) is 4.72. The van der Waals surface area contributed by atoms with Gasteiger partial charge in [-0.2, -0.15) is 0 Å². The molecule has 1 aliphatic heterocycles. The highest BCUT2D eigenvalue weighted by Gasteiger charge is 2.30. The summed E-state index contributed by atoms with van der Waals surface area (Å²) in [6, 6.07) is -0.322. The minimum atomic E-state index is -0.322. The van der Waals surface area contributed by atoms with E-state index < -0.39 is 0 Å². The predicted molar refractivity (Wildman–Crippen MR) is 83.8 cm³/mol. The summed E-state index contributed by atoms with van der Waals surface area (Å²) in [4.78, 5) is 27.0. The van der Waals surface area contributed by atoms with Gasteiger partial charge in [-0.25, -0.2) is 0 Å². The zero-order valence-electron chi connectivity index (χ0n) is 13.6. The van der Waals surface area contributed by atoms with E-state index in [1.54, 1.807) is 0 Å². The number of amides is 2. The highest BCUT2D eigenvalue weighted by Crippen LogP contribution is 2.24. The molecule has 0 aromatic carbocycles. The Morgan fingerprint density at radius 2 is 1.67 bits per heavy atom. The van der Waals surface area contributed by atoms with Gasteiger partial charge in [-0.15, -0.1) is 0 Å². The topological polar surface area (TPSA) is 49.4 Å². The second-order valence-corrected chi connectivity index (χ2v) is 7.06. The molecule has 2 fully saturated rings.